The summed E-state index contributed by atoms with van der Waals surface area (Å²) in [7, 11) is 0. The molecule has 3 nitrogen and oxygen atoms in total. The van der Waals surface area contributed by atoms with E-state index in [0.29, 0.717) is 24.8 Å². The first kappa shape index (κ1) is 18.2. The molecule has 1 heterocycles. The highest BCUT2D eigenvalue weighted by molar-refractivity contribution is 7.09. The molecule has 0 aliphatic rings. The summed E-state index contributed by atoms with van der Waals surface area (Å²) in [5, 5.41) is 2.06. The van der Waals surface area contributed by atoms with Gasteiger partial charge in [0.15, 0.2) is 0 Å². The second kappa shape index (κ2) is 9.21. The SMILES string of the molecule is CC(C)C(CCN)CCC(=O)N(Cc1cccs1)C(C)C. The highest BCUT2D eigenvalue weighted by Gasteiger charge is 2.20. The summed E-state index contributed by atoms with van der Waals surface area (Å²) < 4.78 is 0. The number of carbonyl (C=O) groups is 1. The average molecular weight is 311 g/mol. The first-order valence-corrected chi connectivity index (χ1v) is 8.85. The lowest BCUT2D eigenvalue weighted by Crippen LogP contribution is -2.36. The third-order valence-electron chi connectivity index (χ3n) is 4.06. The molecule has 0 spiro atoms. The minimum absolute atomic E-state index is 0.242. The lowest BCUT2D eigenvalue weighted by molar-refractivity contribution is -0.133. The molecule has 0 radical (unpaired) electrons. The van der Waals surface area contributed by atoms with Crippen LogP contribution in [-0.2, 0) is 11.3 Å². The summed E-state index contributed by atoms with van der Waals surface area (Å²) in [4.78, 5) is 15.8. The average Bonchev–Trinajstić information content (AvgIpc) is 2.92. The predicted molar refractivity (Wildman–Crippen MR) is 91.2 cm³/mol. The second-order valence-corrected chi connectivity index (χ2v) is 7.35. The molecule has 1 amide bonds. The number of amides is 1. The zero-order chi connectivity index (χ0) is 15.8. The van der Waals surface area contributed by atoms with Crippen molar-refractivity contribution in [3.05, 3.63) is 22.4 Å². The number of rotatable bonds is 9. The largest absolute Gasteiger partial charge is 0.335 e. The highest BCUT2D eigenvalue weighted by Crippen LogP contribution is 2.22. The molecule has 0 bridgehead atoms. The Labute approximate surface area is 133 Å². The fourth-order valence-corrected chi connectivity index (χ4v) is 3.31. The zero-order valence-electron chi connectivity index (χ0n) is 13.8. The van der Waals surface area contributed by atoms with Gasteiger partial charge in [-0.1, -0.05) is 19.9 Å². The molecule has 1 aromatic rings. The normalized spacial score (nSPS) is 12.9. The van der Waals surface area contributed by atoms with Crippen LogP contribution < -0.4 is 5.73 Å². The molecular formula is C17H30N2OS. The number of hydrogen-bond acceptors (Lipinski definition) is 3. The quantitative estimate of drug-likeness (QED) is 0.752. The van der Waals surface area contributed by atoms with Crippen LogP contribution in [0.2, 0.25) is 0 Å². The summed E-state index contributed by atoms with van der Waals surface area (Å²) in [5.74, 6) is 1.40. The van der Waals surface area contributed by atoms with Crippen molar-refractivity contribution in [2.75, 3.05) is 6.54 Å². The van der Waals surface area contributed by atoms with Gasteiger partial charge < -0.3 is 10.6 Å². The van der Waals surface area contributed by atoms with E-state index < -0.39 is 0 Å². The first-order chi connectivity index (χ1) is 9.95. The van der Waals surface area contributed by atoms with Gasteiger partial charge in [0, 0.05) is 17.3 Å². The van der Waals surface area contributed by atoms with Gasteiger partial charge in [0.1, 0.15) is 0 Å². The molecule has 0 saturated heterocycles. The van der Waals surface area contributed by atoms with E-state index in [0.717, 1.165) is 19.4 Å². The Bertz CT molecular complexity index is 401. The maximum absolute atomic E-state index is 12.5. The summed E-state index contributed by atoms with van der Waals surface area (Å²) in [6.07, 6.45) is 2.59. The smallest absolute Gasteiger partial charge is 0.223 e. The van der Waals surface area contributed by atoms with Crippen molar-refractivity contribution in [1.29, 1.82) is 0 Å². The Balaban J connectivity index is 2.56. The van der Waals surface area contributed by atoms with E-state index in [4.69, 9.17) is 5.73 Å². The Hall–Kier alpha value is -0.870. The van der Waals surface area contributed by atoms with E-state index >= 15 is 0 Å². The lowest BCUT2D eigenvalue weighted by Gasteiger charge is -2.28. The highest BCUT2D eigenvalue weighted by atomic mass is 32.1. The van der Waals surface area contributed by atoms with Crippen molar-refractivity contribution in [3.8, 4) is 0 Å². The van der Waals surface area contributed by atoms with E-state index in [9.17, 15) is 4.79 Å². The van der Waals surface area contributed by atoms with E-state index in [1.165, 1.54) is 4.88 Å². The molecule has 1 atom stereocenters. The van der Waals surface area contributed by atoms with E-state index in [2.05, 4.69) is 39.1 Å². The van der Waals surface area contributed by atoms with Crippen LogP contribution in [0.25, 0.3) is 0 Å². The van der Waals surface area contributed by atoms with Crippen molar-refractivity contribution in [2.45, 2.75) is 59.5 Å². The molecule has 0 fully saturated rings. The Kier molecular flexibility index (Phi) is 7.97. The summed E-state index contributed by atoms with van der Waals surface area (Å²) in [6.45, 7) is 10.1. The molecular weight excluding hydrogens is 280 g/mol. The molecule has 1 aromatic heterocycles. The van der Waals surface area contributed by atoms with Gasteiger partial charge in [-0.3, -0.25) is 4.79 Å². The molecule has 0 saturated carbocycles. The molecule has 120 valence electrons. The number of carbonyl (C=O) groups excluding carboxylic acids is 1. The third kappa shape index (κ3) is 6.18. The van der Waals surface area contributed by atoms with Crippen LogP contribution in [0.5, 0.6) is 0 Å². The topological polar surface area (TPSA) is 46.3 Å². The number of hydrogen-bond donors (Lipinski definition) is 1. The molecule has 1 rings (SSSR count). The predicted octanol–water partition coefficient (Wildman–Crippen LogP) is 3.89. The summed E-state index contributed by atoms with van der Waals surface area (Å²) in [5.41, 5.74) is 5.68. The molecule has 1 unspecified atom stereocenters. The van der Waals surface area contributed by atoms with Crippen molar-refractivity contribution in [3.63, 3.8) is 0 Å². The van der Waals surface area contributed by atoms with Crippen molar-refractivity contribution < 1.29 is 4.79 Å². The minimum atomic E-state index is 0.242. The van der Waals surface area contributed by atoms with Crippen molar-refractivity contribution in [2.24, 2.45) is 17.6 Å². The maximum atomic E-state index is 12.5. The van der Waals surface area contributed by atoms with Gasteiger partial charge >= 0.3 is 0 Å². The molecule has 4 heteroatoms. The van der Waals surface area contributed by atoms with Crippen molar-refractivity contribution >= 4 is 17.2 Å². The van der Waals surface area contributed by atoms with E-state index in [-0.39, 0.29) is 11.9 Å². The second-order valence-electron chi connectivity index (χ2n) is 6.31. The molecule has 0 aromatic carbocycles. The van der Waals surface area contributed by atoms with Gasteiger partial charge in [-0.15, -0.1) is 11.3 Å². The fraction of sp³-hybridized carbons (Fsp3) is 0.706. The van der Waals surface area contributed by atoms with Crippen LogP contribution >= 0.6 is 11.3 Å². The van der Waals surface area contributed by atoms with Gasteiger partial charge in [0.2, 0.25) is 5.91 Å². The van der Waals surface area contributed by atoms with Gasteiger partial charge in [-0.2, -0.15) is 0 Å². The Morgan fingerprint density at radius 2 is 2.00 bits per heavy atom. The van der Waals surface area contributed by atoms with E-state index in [1.807, 2.05) is 11.0 Å². The van der Waals surface area contributed by atoms with Gasteiger partial charge in [0.05, 0.1) is 6.54 Å². The van der Waals surface area contributed by atoms with Crippen LogP contribution in [-0.4, -0.2) is 23.4 Å². The monoisotopic (exact) mass is 310 g/mol. The third-order valence-corrected chi connectivity index (χ3v) is 4.92. The fourth-order valence-electron chi connectivity index (χ4n) is 2.61. The molecule has 0 aliphatic heterocycles. The number of nitrogens with zero attached hydrogens (tertiary/aromatic N) is 1. The van der Waals surface area contributed by atoms with Gasteiger partial charge in [-0.05, 0) is 56.5 Å². The minimum Gasteiger partial charge on any atom is -0.335 e. The standard InChI is InChI=1S/C17H30N2OS/c1-13(2)15(9-10-18)7-8-17(20)19(14(3)4)12-16-6-5-11-21-16/h5-6,11,13-15H,7-10,12,18H2,1-4H3. The lowest BCUT2D eigenvalue weighted by atomic mass is 9.88. The number of thiophene rings is 1. The van der Waals surface area contributed by atoms with Crippen LogP contribution in [0.15, 0.2) is 17.5 Å². The summed E-state index contributed by atoms with van der Waals surface area (Å²) in [6, 6.07) is 4.38. The van der Waals surface area contributed by atoms with Crippen molar-refractivity contribution in [1.82, 2.24) is 4.90 Å². The maximum Gasteiger partial charge on any atom is 0.223 e. The molecule has 21 heavy (non-hydrogen) atoms. The van der Waals surface area contributed by atoms with Crippen LogP contribution in [0.1, 0.15) is 51.8 Å². The number of nitrogens with two attached hydrogens (primary N) is 1. The molecule has 0 aliphatic carbocycles. The van der Waals surface area contributed by atoms with Crippen LogP contribution in [0.3, 0.4) is 0 Å². The van der Waals surface area contributed by atoms with E-state index in [1.54, 1.807) is 11.3 Å². The Morgan fingerprint density at radius 1 is 1.29 bits per heavy atom. The first-order valence-electron chi connectivity index (χ1n) is 7.97. The zero-order valence-corrected chi connectivity index (χ0v) is 14.7. The molecule has 2 N–H and O–H groups in total. The van der Waals surface area contributed by atoms with Gasteiger partial charge in [0.25, 0.3) is 0 Å². The summed E-state index contributed by atoms with van der Waals surface area (Å²) >= 11 is 1.71. The Morgan fingerprint density at radius 3 is 2.48 bits per heavy atom. The van der Waals surface area contributed by atoms with Crippen LogP contribution in [0, 0.1) is 11.8 Å². The van der Waals surface area contributed by atoms with Gasteiger partial charge in [-0.25, -0.2) is 0 Å². The van der Waals surface area contributed by atoms with Crippen LogP contribution in [0.4, 0.5) is 0 Å².